The predicted octanol–water partition coefficient (Wildman–Crippen LogP) is -0.0806. The number of likely N-dealkylation sites (N-methyl/N-ethyl adjacent to an activating group) is 1. The molecular weight excluding hydrogens is 262 g/mol. The quantitative estimate of drug-likeness (QED) is 0.785. The van der Waals surface area contributed by atoms with Crippen LogP contribution in [0.1, 0.15) is 12.8 Å². The van der Waals surface area contributed by atoms with Gasteiger partial charge in [0, 0.05) is 39.3 Å². The van der Waals surface area contributed by atoms with Crippen LogP contribution in [0.15, 0.2) is 0 Å². The van der Waals surface area contributed by atoms with Gasteiger partial charge >= 0.3 is 12.0 Å². The van der Waals surface area contributed by atoms with Crippen LogP contribution in [0.4, 0.5) is 4.79 Å². The first-order valence-electron chi connectivity index (χ1n) is 7.12. The highest BCUT2D eigenvalue weighted by Gasteiger charge is 2.28. The van der Waals surface area contributed by atoms with E-state index in [-0.39, 0.29) is 18.7 Å². The maximum atomic E-state index is 12.3. The Kier molecular flexibility index (Phi) is 5.19. The lowest BCUT2D eigenvalue weighted by Gasteiger charge is -2.38. The van der Waals surface area contributed by atoms with Crippen molar-refractivity contribution in [2.24, 2.45) is 0 Å². The first kappa shape index (κ1) is 15.1. The van der Waals surface area contributed by atoms with Gasteiger partial charge in [0.05, 0.1) is 6.10 Å². The molecule has 20 heavy (non-hydrogen) atoms. The molecule has 0 atom stereocenters. The van der Waals surface area contributed by atoms with Gasteiger partial charge in [0.15, 0.2) is 0 Å². The summed E-state index contributed by atoms with van der Waals surface area (Å²) in [6.07, 6.45) is 1.39. The highest BCUT2D eigenvalue weighted by Crippen LogP contribution is 2.16. The molecule has 0 aromatic rings. The summed E-state index contributed by atoms with van der Waals surface area (Å²) >= 11 is 0. The van der Waals surface area contributed by atoms with Crippen molar-refractivity contribution in [1.29, 1.82) is 0 Å². The van der Waals surface area contributed by atoms with Crippen LogP contribution < -0.4 is 0 Å². The molecule has 0 saturated carbocycles. The number of likely N-dealkylation sites (tertiary alicyclic amines) is 1. The molecule has 2 aliphatic rings. The number of amides is 2. The Morgan fingerprint density at radius 3 is 2.15 bits per heavy atom. The summed E-state index contributed by atoms with van der Waals surface area (Å²) in [5.74, 6) is -0.944. The summed E-state index contributed by atoms with van der Waals surface area (Å²) < 4.78 is 5.27. The van der Waals surface area contributed by atoms with Crippen LogP contribution in [0.25, 0.3) is 0 Å². The van der Waals surface area contributed by atoms with Crippen LogP contribution in [0.2, 0.25) is 0 Å². The van der Waals surface area contributed by atoms with Gasteiger partial charge in [-0.3, -0.25) is 0 Å². The summed E-state index contributed by atoms with van der Waals surface area (Å²) in [6, 6.07) is 0.106. The second kappa shape index (κ2) is 6.90. The third kappa shape index (κ3) is 4.08. The van der Waals surface area contributed by atoms with Gasteiger partial charge in [0.1, 0.15) is 6.61 Å². The molecular formula is C13H23N3O4. The first-order chi connectivity index (χ1) is 9.56. The van der Waals surface area contributed by atoms with Crippen LogP contribution in [-0.2, 0) is 9.53 Å². The van der Waals surface area contributed by atoms with Crippen LogP contribution in [-0.4, -0.2) is 90.8 Å². The largest absolute Gasteiger partial charge is 0.480 e. The molecule has 2 heterocycles. The topological polar surface area (TPSA) is 73.3 Å². The molecule has 0 bridgehead atoms. The monoisotopic (exact) mass is 285 g/mol. The zero-order valence-corrected chi connectivity index (χ0v) is 12.0. The van der Waals surface area contributed by atoms with E-state index in [0.717, 1.165) is 26.2 Å². The molecule has 0 aromatic carbocycles. The number of hydrogen-bond acceptors (Lipinski definition) is 4. The molecule has 0 spiro atoms. The number of aliphatic carboxylic acids is 1. The average molecular weight is 285 g/mol. The summed E-state index contributed by atoms with van der Waals surface area (Å²) in [5, 5.41) is 8.58. The van der Waals surface area contributed by atoms with E-state index < -0.39 is 5.97 Å². The van der Waals surface area contributed by atoms with Gasteiger partial charge in [-0.25, -0.2) is 9.59 Å². The maximum absolute atomic E-state index is 12.3. The van der Waals surface area contributed by atoms with Crippen molar-refractivity contribution in [2.75, 3.05) is 52.9 Å². The summed E-state index contributed by atoms with van der Waals surface area (Å²) in [4.78, 5) is 28.8. The molecule has 114 valence electrons. The summed E-state index contributed by atoms with van der Waals surface area (Å²) in [7, 11) is 2.06. The van der Waals surface area contributed by atoms with E-state index in [9.17, 15) is 9.59 Å². The fourth-order valence-electron chi connectivity index (χ4n) is 2.60. The molecule has 1 N–H and O–H groups in total. The molecule has 0 aliphatic carbocycles. The number of urea groups is 1. The van der Waals surface area contributed by atoms with Gasteiger partial charge in [-0.05, 0) is 19.9 Å². The minimum Gasteiger partial charge on any atom is -0.480 e. The minimum atomic E-state index is -0.944. The summed E-state index contributed by atoms with van der Waals surface area (Å²) in [6.45, 7) is 4.45. The van der Waals surface area contributed by atoms with E-state index in [4.69, 9.17) is 9.84 Å². The normalized spacial score (nSPS) is 22.1. The average Bonchev–Trinajstić information content (AvgIpc) is 2.46. The smallest absolute Gasteiger partial charge is 0.329 e. The van der Waals surface area contributed by atoms with Crippen molar-refractivity contribution in [3.8, 4) is 0 Å². The van der Waals surface area contributed by atoms with Crippen molar-refractivity contribution in [3.63, 3.8) is 0 Å². The first-order valence-corrected chi connectivity index (χ1v) is 7.12. The lowest BCUT2D eigenvalue weighted by Crippen LogP contribution is -2.53. The third-order valence-electron chi connectivity index (χ3n) is 3.93. The Labute approximate surface area is 119 Å². The number of nitrogens with zero attached hydrogens (tertiary/aromatic N) is 3. The lowest BCUT2D eigenvalue weighted by molar-refractivity contribution is -0.145. The third-order valence-corrected chi connectivity index (χ3v) is 3.93. The van der Waals surface area contributed by atoms with Crippen molar-refractivity contribution >= 4 is 12.0 Å². The van der Waals surface area contributed by atoms with Crippen molar-refractivity contribution in [3.05, 3.63) is 0 Å². The molecule has 7 heteroatoms. The Hall–Kier alpha value is -1.34. The van der Waals surface area contributed by atoms with Crippen molar-refractivity contribution < 1.29 is 19.4 Å². The number of piperidine rings is 1. The number of carbonyl (C=O) groups excluding carboxylic acids is 1. The SMILES string of the molecule is CN1CCN(C(=O)N2CCC(OCC(=O)O)CC2)CC1. The molecule has 0 radical (unpaired) electrons. The van der Waals surface area contributed by atoms with Gasteiger partial charge in [-0.2, -0.15) is 0 Å². The number of hydrogen-bond donors (Lipinski definition) is 1. The second-order valence-electron chi connectivity index (χ2n) is 5.46. The number of carboxylic acids is 1. The van der Waals surface area contributed by atoms with Gasteiger partial charge in [0.2, 0.25) is 0 Å². The van der Waals surface area contributed by atoms with E-state index >= 15 is 0 Å². The Morgan fingerprint density at radius 2 is 1.60 bits per heavy atom. The number of carboxylic acid groups (broad SMARTS) is 1. The number of carbonyl (C=O) groups is 2. The molecule has 7 nitrogen and oxygen atoms in total. The van der Waals surface area contributed by atoms with E-state index in [0.29, 0.717) is 25.9 Å². The lowest BCUT2D eigenvalue weighted by atomic mass is 10.1. The van der Waals surface area contributed by atoms with Crippen LogP contribution in [0.3, 0.4) is 0 Å². The van der Waals surface area contributed by atoms with Gasteiger partial charge < -0.3 is 24.5 Å². The molecule has 0 unspecified atom stereocenters. The predicted molar refractivity (Wildman–Crippen MR) is 72.6 cm³/mol. The summed E-state index contributed by atoms with van der Waals surface area (Å²) in [5.41, 5.74) is 0. The Bertz CT molecular complexity index is 348. The number of ether oxygens (including phenoxy) is 1. The van der Waals surface area contributed by atoms with Crippen LogP contribution in [0.5, 0.6) is 0 Å². The Balaban J connectivity index is 1.73. The second-order valence-corrected chi connectivity index (χ2v) is 5.46. The van der Waals surface area contributed by atoms with Crippen LogP contribution in [0, 0.1) is 0 Å². The Morgan fingerprint density at radius 1 is 1.05 bits per heavy atom. The van der Waals surface area contributed by atoms with Crippen molar-refractivity contribution in [2.45, 2.75) is 18.9 Å². The molecule has 2 amide bonds. The molecule has 2 saturated heterocycles. The highest BCUT2D eigenvalue weighted by atomic mass is 16.5. The van der Waals surface area contributed by atoms with Gasteiger partial charge in [-0.1, -0.05) is 0 Å². The molecule has 2 aliphatic heterocycles. The van der Waals surface area contributed by atoms with E-state index in [1.807, 2.05) is 9.80 Å². The highest BCUT2D eigenvalue weighted by molar-refractivity contribution is 5.74. The molecule has 0 aromatic heterocycles. The van der Waals surface area contributed by atoms with Gasteiger partial charge in [0.25, 0.3) is 0 Å². The standard InChI is InChI=1S/C13H23N3O4/c1-14-6-8-16(9-7-14)13(19)15-4-2-11(3-5-15)20-10-12(17)18/h11H,2-10H2,1H3,(H,17,18). The molecule has 2 fully saturated rings. The van der Waals surface area contributed by atoms with Crippen LogP contribution >= 0.6 is 0 Å². The number of rotatable bonds is 3. The van der Waals surface area contributed by atoms with Gasteiger partial charge in [-0.15, -0.1) is 0 Å². The minimum absolute atomic E-state index is 0.0392. The zero-order chi connectivity index (χ0) is 14.5. The number of piperazine rings is 1. The zero-order valence-electron chi connectivity index (χ0n) is 12.0. The van der Waals surface area contributed by atoms with Crippen molar-refractivity contribution in [1.82, 2.24) is 14.7 Å². The van der Waals surface area contributed by atoms with E-state index in [1.165, 1.54) is 0 Å². The maximum Gasteiger partial charge on any atom is 0.329 e. The fraction of sp³-hybridized carbons (Fsp3) is 0.846. The molecule has 2 rings (SSSR count). The van der Waals surface area contributed by atoms with E-state index in [2.05, 4.69) is 11.9 Å². The fourth-order valence-corrected chi connectivity index (χ4v) is 2.60. The van der Waals surface area contributed by atoms with E-state index in [1.54, 1.807) is 0 Å².